The molecule has 0 spiro atoms. The summed E-state index contributed by atoms with van der Waals surface area (Å²) < 4.78 is 38.0. The van der Waals surface area contributed by atoms with Gasteiger partial charge in [-0.2, -0.15) is 13.2 Å². The van der Waals surface area contributed by atoms with Crippen LogP contribution in [0, 0.1) is 6.92 Å². The molecule has 0 aliphatic rings. The summed E-state index contributed by atoms with van der Waals surface area (Å²) >= 11 is 0. The van der Waals surface area contributed by atoms with Crippen molar-refractivity contribution in [1.29, 1.82) is 0 Å². The van der Waals surface area contributed by atoms with Gasteiger partial charge < -0.3 is 4.98 Å². The van der Waals surface area contributed by atoms with Crippen molar-refractivity contribution in [3.8, 4) is 0 Å². The minimum absolute atomic E-state index is 0.248. The van der Waals surface area contributed by atoms with Gasteiger partial charge in [0.2, 0.25) is 0 Å². The molecule has 0 amide bonds. The lowest BCUT2D eigenvalue weighted by molar-refractivity contribution is -0.137. The molecule has 84 valence electrons. The Kier molecular flexibility index (Phi) is 2.26. The van der Waals surface area contributed by atoms with Crippen LogP contribution in [0.15, 0.2) is 18.3 Å². The standard InChI is InChI=1S/C11H8F3NO/c1-6-4-9(11(12,13)14)8(5-16)7-2-3-15-10(6)7/h2-5,15H,1H3. The van der Waals surface area contributed by atoms with E-state index in [1.807, 2.05) is 0 Å². The molecule has 2 aromatic rings. The Bertz CT molecular complexity index is 554. The fraction of sp³-hybridized carbons (Fsp3) is 0.182. The first kappa shape index (κ1) is 10.7. The first-order valence-electron chi connectivity index (χ1n) is 4.58. The van der Waals surface area contributed by atoms with Gasteiger partial charge in [0.25, 0.3) is 0 Å². The number of fused-ring (bicyclic) bond motifs is 1. The number of hydrogen-bond acceptors (Lipinski definition) is 1. The Labute approximate surface area is 89.1 Å². The number of carbonyl (C=O) groups is 1. The molecule has 1 aromatic heterocycles. The molecule has 2 rings (SSSR count). The number of H-pyrrole nitrogens is 1. The highest BCUT2D eigenvalue weighted by Crippen LogP contribution is 2.35. The number of aromatic amines is 1. The molecule has 0 radical (unpaired) electrons. The zero-order chi connectivity index (χ0) is 11.9. The molecule has 1 N–H and O–H groups in total. The van der Waals surface area contributed by atoms with Crippen LogP contribution in [0.2, 0.25) is 0 Å². The van der Waals surface area contributed by atoms with Crippen LogP contribution in [0.5, 0.6) is 0 Å². The molecular weight excluding hydrogens is 219 g/mol. The van der Waals surface area contributed by atoms with Gasteiger partial charge in [0.1, 0.15) is 0 Å². The maximum absolute atomic E-state index is 12.7. The number of alkyl halides is 3. The Morgan fingerprint density at radius 1 is 1.38 bits per heavy atom. The Hall–Kier alpha value is -1.78. The van der Waals surface area contributed by atoms with Crippen LogP contribution in [0.4, 0.5) is 13.2 Å². The van der Waals surface area contributed by atoms with Crippen molar-refractivity contribution in [2.45, 2.75) is 13.1 Å². The molecule has 0 saturated carbocycles. The van der Waals surface area contributed by atoms with Crippen molar-refractivity contribution >= 4 is 17.2 Å². The molecule has 0 aliphatic heterocycles. The predicted octanol–water partition coefficient (Wildman–Crippen LogP) is 3.31. The third kappa shape index (κ3) is 1.48. The normalized spacial score (nSPS) is 12.0. The van der Waals surface area contributed by atoms with Gasteiger partial charge in [-0.15, -0.1) is 0 Å². The van der Waals surface area contributed by atoms with E-state index < -0.39 is 11.7 Å². The number of aromatic nitrogens is 1. The fourth-order valence-corrected chi connectivity index (χ4v) is 1.79. The van der Waals surface area contributed by atoms with Gasteiger partial charge in [-0.1, -0.05) is 0 Å². The second-order valence-corrected chi connectivity index (χ2v) is 3.54. The molecule has 1 aromatic carbocycles. The number of aldehydes is 1. The van der Waals surface area contributed by atoms with Gasteiger partial charge in [0, 0.05) is 22.7 Å². The lowest BCUT2D eigenvalue weighted by Crippen LogP contribution is -2.09. The SMILES string of the molecule is Cc1cc(C(F)(F)F)c(C=O)c2cc[nH]c12. The van der Waals surface area contributed by atoms with E-state index in [2.05, 4.69) is 4.98 Å². The summed E-state index contributed by atoms with van der Waals surface area (Å²) in [4.78, 5) is 13.6. The Morgan fingerprint density at radius 3 is 2.62 bits per heavy atom. The maximum atomic E-state index is 12.7. The van der Waals surface area contributed by atoms with E-state index in [0.29, 0.717) is 16.5 Å². The average molecular weight is 227 g/mol. The second kappa shape index (κ2) is 3.37. The van der Waals surface area contributed by atoms with Crippen molar-refractivity contribution in [3.05, 3.63) is 35.0 Å². The molecule has 5 heteroatoms. The van der Waals surface area contributed by atoms with Crippen LogP contribution in [-0.2, 0) is 6.18 Å². The predicted molar refractivity (Wildman–Crippen MR) is 53.4 cm³/mol. The molecule has 0 saturated heterocycles. The van der Waals surface area contributed by atoms with Crippen LogP contribution >= 0.6 is 0 Å². The van der Waals surface area contributed by atoms with Crippen molar-refractivity contribution in [1.82, 2.24) is 4.98 Å². The van der Waals surface area contributed by atoms with Gasteiger partial charge in [-0.05, 0) is 24.6 Å². The van der Waals surface area contributed by atoms with Gasteiger partial charge in [-0.3, -0.25) is 4.79 Å². The first-order chi connectivity index (χ1) is 7.45. The van der Waals surface area contributed by atoms with E-state index in [0.717, 1.165) is 6.07 Å². The molecule has 1 heterocycles. The van der Waals surface area contributed by atoms with E-state index in [-0.39, 0.29) is 11.8 Å². The summed E-state index contributed by atoms with van der Waals surface area (Å²) in [6.07, 6.45) is -2.74. The van der Waals surface area contributed by atoms with Crippen LogP contribution in [0.1, 0.15) is 21.5 Å². The van der Waals surface area contributed by atoms with E-state index in [9.17, 15) is 18.0 Å². The van der Waals surface area contributed by atoms with Gasteiger partial charge in [0.15, 0.2) is 6.29 Å². The van der Waals surface area contributed by atoms with E-state index in [4.69, 9.17) is 0 Å². The highest BCUT2D eigenvalue weighted by atomic mass is 19.4. The summed E-state index contributed by atoms with van der Waals surface area (Å²) in [5.74, 6) is 0. The number of hydrogen-bond donors (Lipinski definition) is 1. The average Bonchev–Trinajstić information content (AvgIpc) is 2.65. The number of carbonyl (C=O) groups excluding carboxylic acids is 1. The van der Waals surface area contributed by atoms with E-state index in [1.165, 1.54) is 12.3 Å². The highest BCUT2D eigenvalue weighted by molar-refractivity contribution is 5.99. The minimum atomic E-state index is -4.51. The first-order valence-corrected chi connectivity index (χ1v) is 4.58. The lowest BCUT2D eigenvalue weighted by atomic mass is 10.00. The van der Waals surface area contributed by atoms with Gasteiger partial charge in [0.05, 0.1) is 5.56 Å². The topological polar surface area (TPSA) is 32.9 Å². The number of rotatable bonds is 1. The van der Waals surface area contributed by atoms with Crippen molar-refractivity contribution in [2.24, 2.45) is 0 Å². The largest absolute Gasteiger partial charge is 0.417 e. The Morgan fingerprint density at radius 2 is 2.06 bits per heavy atom. The molecule has 0 unspecified atom stereocenters. The van der Waals surface area contributed by atoms with Crippen LogP contribution < -0.4 is 0 Å². The molecule has 2 nitrogen and oxygen atoms in total. The molecule has 0 bridgehead atoms. The number of nitrogens with one attached hydrogen (secondary N) is 1. The van der Waals surface area contributed by atoms with Gasteiger partial charge in [-0.25, -0.2) is 0 Å². The zero-order valence-corrected chi connectivity index (χ0v) is 8.35. The molecule has 16 heavy (non-hydrogen) atoms. The number of halogens is 3. The summed E-state index contributed by atoms with van der Waals surface area (Å²) in [7, 11) is 0. The third-order valence-electron chi connectivity index (χ3n) is 2.51. The molecule has 0 fully saturated rings. The minimum Gasteiger partial charge on any atom is -0.361 e. The van der Waals surface area contributed by atoms with Crippen molar-refractivity contribution in [2.75, 3.05) is 0 Å². The molecule has 0 aliphatic carbocycles. The van der Waals surface area contributed by atoms with Crippen LogP contribution in [0.25, 0.3) is 10.9 Å². The highest BCUT2D eigenvalue weighted by Gasteiger charge is 2.34. The second-order valence-electron chi connectivity index (χ2n) is 3.54. The van der Waals surface area contributed by atoms with Crippen LogP contribution in [-0.4, -0.2) is 11.3 Å². The summed E-state index contributed by atoms with van der Waals surface area (Å²) in [6.45, 7) is 1.57. The summed E-state index contributed by atoms with van der Waals surface area (Å²) in [6, 6.07) is 2.46. The van der Waals surface area contributed by atoms with Gasteiger partial charge >= 0.3 is 6.18 Å². The summed E-state index contributed by atoms with van der Waals surface area (Å²) in [5, 5.41) is 0.308. The summed E-state index contributed by atoms with van der Waals surface area (Å²) in [5.41, 5.74) is -0.158. The number of aryl methyl sites for hydroxylation is 1. The number of benzene rings is 1. The molecule has 0 atom stereocenters. The van der Waals surface area contributed by atoms with Crippen molar-refractivity contribution in [3.63, 3.8) is 0 Å². The maximum Gasteiger partial charge on any atom is 0.417 e. The molecular formula is C11H8F3NO. The van der Waals surface area contributed by atoms with E-state index >= 15 is 0 Å². The quantitative estimate of drug-likeness (QED) is 0.745. The Balaban J connectivity index is 2.89. The smallest absolute Gasteiger partial charge is 0.361 e. The van der Waals surface area contributed by atoms with Crippen LogP contribution in [0.3, 0.4) is 0 Å². The lowest BCUT2D eigenvalue weighted by Gasteiger charge is -2.11. The zero-order valence-electron chi connectivity index (χ0n) is 8.35. The monoisotopic (exact) mass is 227 g/mol. The van der Waals surface area contributed by atoms with Crippen molar-refractivity contribution < 1.29 is 18.0 Å². The fourth-order valence-electron chi connectivity index (χ4n) is 1.79. The van der Waals surface area contributed by atoms with E-state index in [1.54, 1.807) is 6.92 Å². The third-order valence-corrected chi connectivity index (χ3v) is 2.51.